The number of quaternary nitrogens is 1. The first-order chi connectivity index (χ1) is 13.9. The van der Waals surface area contributed by atoms with Crippen LogP contribution < -0.4 is 14.8 Å². The summed E-state index contributed by atoms with van der Waals surface area (Å²) in [5.41, 5.74) is 8.50. The first-order valence-electron chi connectivity index (χ1n) is 10.2. The molecule has 0 saturated carbocycles. The zero-order chi connectivity index (χ0) is 20.6. The minimum absolute atomic E-state index is 0.269. The van der Waals surface area contributed by atoms with Gasteiger partial charge < -0.3 is 10.0 Å². The second-order valence-electron chi connectivity index (χ2n) is 8.49. The zero-order valence-electron chi connectivity index (χ0n) is 17.4. The highest BCUT2D eigenvalue weighted by Gasteiger charge is 2.38. The molecule has 2 N–H and O–H groups in total. The molecule has 1 unspecified atom stereocenters. The number of carbonyl (C=O) groups is 1. The fourth-order valence-corrected chi connectivity index (χ4v) is 4.70. The number of anilines is 1. The molecule has 0 spiro atoms. The molecule has 4 rings (SSSR count). The fourth-order valence-electron chi connectivity index (χ4n) is 4.70. The van der Waals surface area contributed by atoms with Crippen molar-refractivity contribution in [2.45, 2.75) is 25.7 Å². The monoisotopic (exact) mass is 393 g/mol. The lowest BCUT2D eigenvalue weighted by molar-refractivity contribution is 0.0955. The van der Waals surface area contributed by atoms with Crippen molar-refractivity contribution in [1.82, 2.24) is 9.91 Å². The Kier molecular flexibility index (Phi) is 5.04. The molecule has 1 amide bonds. The normalized spacial score (nSPS) is 20.4. The number of carbonyl (C=O) groups excluding carboxylic acids is 1. The lowest BCUT2D eigenvalue weighted by Gasteiger charge is -2.43. The topological polar surface area (TPSA) is 64.9 Å². The quantitative estimate of drug-likeness (QED) is 0.477. The predicted molar refractivity (Wildman–Crippen MR) is 118 cm³/mol. The van der Waals surface area contributed by atoms with Gasteiger partial charge in [-0.15, -0.1) is 0 Å². The third-order valence-electron chi connectivity index (χ3n) is 6.21. The maximum absolute atomic E-state index is 12.3. The van der Waals surface area contributed by atoms with E-state index in [0.29, 0.717) is 16.9 Å². The Morgan fingerprint density at radius 3 is 2.55 bits per heavy atom. The van der Waals surface area contributed by atoms with E-state index in [9.17, 15) is 9.90 Å². The van der Waals surface area contributed by atoms with Gasteiger partial charge in [-0.05, 0) is 43.2 Å². The Bertz CT molecular complexity index is 962. The van der Waals surface area contributed by atoms with Crippen molar-refractivity contribution in [3.63, 3.8) is 0 Å². The van der Waals surface area contributed by atoms with Crippen molar-refractivity contribution in [1.29, 1.82) is 0 Å². The van der Waals surface area contributed by atoms with E-state index in [0.717, 1.165) is 54.5 Å². The Balaban J connectivity index is 1.54. The van der Waals surface area contributed by atoms with E-state index >= 15 is 0 Å². The molecular weight excluding hydrogens is 364 g/mol. The van der Waals surface area contributed by atoms with Crippen LogP contribution in [0.25, 0.3) is 0 Å². The molecule has 0 radical (unpaired) electrons. The molecular formula is C23H29N4O2+. The van der Waals surface area contributed by atoms with Crippen LogP contribution in [0.2, 0.25) is 0 Å². The molecule has 2 heterocycles. The van der Waals surface area contributed by atoms with Gasteiger partial charge >= 0.3 is 0 Å². The van der Waals surface area contributed by atoms with E-state index in [4.69, 9.17) is 0 Å². The van der Waals surface area contributed by atoms with Gasteiger partial charge in [-0.25, -0.2) is 5.43 Å². The number of benzene rings is 2. The smallest absolute Gasteiger partial charge is 0.271 e. The number of hydrogen-bond donors (Lipinski definition) is 2. The van der Waals surface area contributed by atoms with Crippen LogP contribution in [0.1, 0.15) is 39.9 Å². The van der Waals surface area contributed by atoms with Crippen LogP contribution in [-0.4, -0.2) is 51.5 Å². The van der Waals surface area contributed by atoms with Crippen LogP contribution in [0.5, 0.6) is 5.75 Å². The van der Waals surface area contributed by atoms with E-state index in [-0.39, 0.29) is 5.91 Å². The molecule has 0 aliphatic carbocycles. The number of nitrogens with one attached hydrogen (secondary N) is 1. The van der Waals surface area contributed by atoms with Gasteiger partial charge in [0.1, 0.15) is 11.4 Å². The van der Waals surface area contributed by atoms with Gasteiger partial charge in [0.2, 0.25) is 0 Å². The van der Waals surface area contributed by atoms with E-state index in [1.807, 2.05) is 37.2 Å². The van der Waals surface area contributed by atoms with Crippen molar-refractivity contribution < 1.29 is 9.90 Å². The number of phenolic OH excluding ortho intramolecular Hbond substituents is 1. The third kappa shape index (κ3) is 3.60. The molecule has 2 aliphatic rings. The summed E-state index contributed by atoms with van der Waals surface area (Å²) < 4.78 is 0.926. The molecule has 0 saturated heterocycles. The maximum Gasteiger partial charge on any atom is 0.271 e. The number of phenols is 1. The number of hydrogen-bond acceptors (Lipinski definition) is 4. The van der Waals surface area contributed by atoms with Gasteiger partial charge in [0.15, 0.2) is 0 Å². The first-order valence-corrected chi connectivity index (χ1v) is 10.2. The summed E-state index contributed by atoms with van der Waals surface area (Å²) in [6, 6.07) is 9.39. The fraction of sp³-hybridized carbons (Fsp3) is 0.391. The summed E-state index contributed by atoms with van der Waals surface area (Å²) in [6.45, 7) is 2.27. The Hall–Kier alpha value is -2.86. The minimum atomic E-state index is -0.269. The summed E-state index contributed by atoms with van der Waals surface area (Å²) >= 11 is 0. The third-order valence-corrected chi connectivity index (χ3v) is 6.21. The molecule has 2 aliphatic heterocycles. The summed E-state index contributed by atoms with van der Waals surface area (Å²) in [5.74, 6) is 0.0395. The molecule has 0 fully saturated rings. The van der Waals surface area contributed by atoms with Crippen LogP contribution in [-0.2, 0) is 12.8 Å². The van der Waals surface area contributed by atoms with Gasteiger partial charge in [0.05, 0.1) is 31.9 Å². The van der Waals surface area contributed by atoms with Crippen molar-refractivity contribution in [2.24, 2.45) is 5.10 Å². The Labute approximate surface area is 172 Å². The summed E-state index contributed by atoms with van der Waals surface area (Å²) in [6.07, 6.45) is 5.72. The van der Waals surface area contributed by atoms with Crippen molar-refractivity contribution in [3.8, 4) is 5.75 Å². The first kappa shape index (κ1) is 19.5. The van der Waals surface area contributed by atoms with Crippen molar-refractivity contribution in [3.05, 3.63) is 52.6 Å². The molecule has 2 aromatic rings. The summed E-state index contributed by atoms with van der Waals surface area (Å²) in [7, 11) is 6.19. The zero-order valence-corrected chi connectivity index (χ0v) is 17.4. The molecule has 6 heteroatoms. The molecule has 29 heavy (non-hydrogen) atoms. The minimum Gasteiger partial charge on any atom is -0.507 e. The van der Waals surface area contributed by atoms with Gasteiger partial charge in [-0.2, -0.15) is 5.10 Å². The number of aromatic hydroxyl groups is 1. The average molecular weight is 394 g/mol. The SMILES string of the molecule is CN(C)c1ccc(C(=O)N/N=C/c2cc3c4c(c2O)CCC[N+]4(C)CCC3)cc1. The highest BCUT2D eigenvalue weighted by atomic mass is 16.3. The number of rotatable bonds is 4. The van der Waals surface area contributed by atoms with Gasteiger partial charge in [-0.3, -0.25) is 9.28 Å². The van der Waals surface area contributed by atoms with Crippen LogP contribution >= 0.6 is 0 Å². The summed E-state index contributed by atoms with van der Waals surface area (Å²) in [4.78, 5) is 14.3. The highest BCUT2D eigenvalue weighted by molar-refractivity contribution is 5.95. The van der Waals surface area contributed by atoms with Crippen LogP contribution in [0.3, 0.4) is 0 Å². The maximum atomic E-state index is 12.3. The predicted octanol–water partition coefficient (Wildman–Crippen LogP) is 3.05. The van der Waals surface area contributed by atoms with Crippen molar-refractivity contribution in [2.75, 3.05) is 39.1 Å². The number of hydrazone groups is 1. The van der Waals surface area contributed by atoms with Gasteiger partial charge in [-0.1, -0.05) is 0 Å². The number of amides is 1. The molecule has 152 valence electrons. The van der Waals surface area contributed by atoms with E-state index in [1.54, 1.807) is 18.3 Å². The Morgan fingerprint density at radius 2 is 1.86 bits per heavy atom. The molecule has 2 aromatic carbocycles. The molecule has 1 atom stereocenters. The molecule has 6 nitrogen and oxygen atoms in total. The van der Waals surface area contributed by atoms with Crippen molar-refractivity contribution >= 4 is 23.5 Å². The highest BCUT2D eigenvalue weighted by Crippen LogP contribution is 2.44. The van der Waals surface area contributed by atoms with Crippen LogP contribution in [0, 0.1) is 0 Å². The molecule has 0 bridgehead atoms. The lowest BCUT2D eigenvalue weighted by Crippen LogP contribution is -2.52. The van der Waals surface area contributed by atoms with Gasteiger partial charge in [0.25, 0.3) is 5.91 Å². The van der Waals surface area contributed by atoms with E-state index < -0.39 is 0 Å². The number of nitrogens with zero attached hydrogens (tertiary/aromatic N) is 3. The largest absolute Gasteiger partial charge is 0.507 e. The molecule has 0 aromatic heterocycles. The standard InChI is InChI=1S/C23H28N4O2/c1-26(2)19-10-8-16(9-11-19)23(29)25-24-15-18-14-17-6-4-12-27(3)13-5-7-20(21(17)27)22(18)28/h8-11,14-15H,4-7,12-13H2,1-3H3,(H-,24,25,28,29)/p+1. The second kappa shape index (κ2) is 7.52. The van der Waals surface area contributed by atoms with Crippen LogP contribution in [0.4, 0.5) is 11.4 Å². The lowest BCUT2D eigenvalue weighted by atomic mass is 9.87. The van der Waals surface area contributed by atoms with Crippen LogP contribution in [0.15, 0.2) is 35.4 Å². The second-order valence-corrected chi connectivity index (χ2v) is 8.49. The van der Waals surface area contributed by atoms with Gasteiger partial charge in [0, 0.05) is 49.3 Å². The van der Waals surface area contributed by atoms with E-state index in [1.165, 1.54) is 11.3 Å². The summed E-state index contributed by atoms with van der Waals surface area (Å²) in [5, 5.41) is 15.0. The Morgan fingerprint density at radius 1 is 1.17 bits per heavy atom. The van der Waals surface area contributed by atoms with E-state index in [2.05, 4.69) is 17.6 Å². The number of aryl methyl sites for hydroxylation is 1. The average Bonchev–Trinajstić information content (AvgIpc) is 2.71.